The quantitative estimate of drug-likeness (QED) is 0.669. The molecule has 0 saturated heterocycles. The summed E-state index contributed by atoms with van der Waals surface area (Å²) in [5.74, 6) is 2.36. The Morgan fingerprint density at radius 2 is 1.35 bits per heavy atom. The van der Waals surface area contributed by atoms with Crippen LogP contribution in [0.25, 0.3) is 0 Å². The maximum Gasteiger partial charge on any atom is 0.249 e. The van der Waals surface area contributed by atoms with Gasteiger partial charge >= 0.3 is 0 Å². The first-order valence-electron chi connectivity index (χ1n) is 8.57. The molecule has 3 rings (SSSR count). The van der Waals surface area contributed by atoms with Crippen LogP contribution in [-0.2, 0) is 0 Å². The molecule has 1 heterocycles. The first-order valence-corrected chi connectivity index (χ1v) is 8.57. The summed E-state index contributed by atoms with van der Waals surface area (Å²) < 4.78 is 11.7. The maximum atomic E-state index is 6.16. The number of nitrogens with zero attached hydrogens (tertiary/aromatic N) is 2. The van der Waals surface area contributed by atoms with Gasteiger partial charge in [0.15, 0.2) is 5.69 Å². The van der Waals surface area contributed by atoms with Crippen LogP contribution in [0.5, 0.6) is 23.3 Å². The van der Waals surface area contributed by atoms with E-state index in [1.54, 1.807) is 0 Å². The van der Waals surface area contributed by atoms with E-state index in [1.165, 1.54) is 11.9 Å². The van der Waals surface area contributed by atoms with E-state index < -0.39 is 0 Å². The van der Waals surface area contributed by atoms with Crippen molar-refractivity contribution in [1.82, 2.24) is 9.97 Å². The number of hydrogen-bond acceptors (Lipinski definition) is 5. The Bertz CT molecular complexity index is 885. The van der Waals surface area contributed by atoms with Crippen LogP contribution in [0.1, 0.15) is 36.5 Å². The van der Waals surface area contributed by atoms with Crippen LogP contribution in [0.4, 0.5) is 5.69 Å². The van der Waals surface area contributed by atoms with Gasteiger partial charge in [0, 0.05) is 0 Å². The molecule has 0 aliphatic carbocycles. The third kappa shape index (κ3) is 4.11. The Balaban J connectivity index is 1.82. The Morgan fingerprint density at radius 3 is 1.88 bits per heavy atom. The largest absolute Gasteiger partial charge is 0.437 e. The monoisotopic (exact) mass is 349 g/mol. The lowest BCUT2D eigenvalue weighted by Crippen LogP contribution is -2.01. The van der Waals surface area contributed by atoms with Gasteiger partial charge in [-0.1, -0.05) is 32.0 Å². The molecule has 2 aromatic carbocycles. The van der Waals surface area contributed by atoms with Gasteiger partial charge < -0.3 is 15.2 Å². The van der Waals surface area contributed by atoms with Gasteiger partial charge in [-0.15, -0.1) is 0 Å². The Morgan fingerprint density at radius 1 is 0.808 bits per heavy atom. The summed E-state index contributed by atoms with van der Waals surface area (Å²) >= 11 is 0. The van der Waals surface area contributed by atoms with Crippen molar-refractivity contribution in [3.05, 3.63) is 65.5 Å². The minimum Gasteiger partial charge on any atom is -0.437 e. The lowest BCUT2D eigenvalue weighted by molar-refractivity contribution is 0.438. The normalized spacial score (nSPS) is 10.8. The number of benzene rings is 2. The average Bonchev–Trinajstić information content (AvgIpc) is 2.58. The first-order chi connectivity index (χ1) is 12.4. The first kappa shape index (κ1) is 17.7. The van der Waals surface area contributed by atoms with Crippen LogP contribution in [0.2, 0.25) is 0 Å². The second-order valence-electron chi connectivity index (χ2n) is 6.65. The number of rotatable bonds is 5. The molecule has 0 atom stereocenters. The molecule has 0 aliphatic rings. The van der Waals surface area contributed by atoms with E-state index in [2.05, 4.69) is 29.9 Å². The molecule has 3 aromatic rings. The van der Waals surface area contributed by atoms with E-state index in [0.717, 1.165) is 11.1 Å². The van der Waals surface area contributed by atoms with E-state index in [-0.39, 0.29) is 17.4 Å². The van der Waals surface area contributed by atoms with Gasteiger partial charge in [0.25, 0.3) is 0 Å². The predicted molar refractivity (Wildman–Crippen MR) is 103 cm³/mol. The number of aromatic nitrogens is 2. The summed E-state index contributed by atoms with van der Waals surface area (Å²) in [6.45, 7) is 8.32. The fourth-order valence-corrected chi connectivity index (χ4v) is 2.66. The fourth-order valence-electron chi connectivity index (χ4n) is 2.66. The number of nitrogen functional groups attached to an aromatic ring is 1. The van der Waals surface area contributed by atoms with E-state index in [0.29, 0.717) is 17.4 Å². The minimum absolute atomic E-state index is 0.264. The van der Waals surface area contributed by atoms with Crippen molar-refractivity contribution in [3.8, 4) is 23.3 Å². The molecule has 26 heavy (non-hydrogen) atoms. The predicted octanol–water partition coefficient (Wildman–Crippen LogP) is 5.38. The number of hydrogen-bond donors (Lipinski definition) is 1. The van der Waals surface area contributed by atoms with Crippen LogP contribution in [0.3, 0.4) is 0 Å². The van der Waals surface area contributed by atoms with Crippen molar-refractivity contribution in [1.29, 1.82) is 0 Å². The number of ether oxygens (including phenoxy) is 2. The summed E-state index contributed by atoms with van der Waals surface area (Å²) in [7, 11) is 0. The van der Waals surface area contributed by atoms with Gasteiger partial charge in [0.1, 0.15) is 17.8 Å². The van der Waals surface area contributed by atoms with E-state index in [9.17, 15) is 0 Å². The smallest absolute Gasteiger partial charge is 0.249 e. The molecule has 134 valence electrons. The highest BCUT2D eigenvalue weighted by Crippen LogP contribution is 2.34. The van der Waals surface area contributed by atoms with E-state index >= 15 is 0 Å². The summed E-state index contributed by atoms with van der Waals surface area (Å²) in [4.78, 5) is 8.26. The van der Waals surface area contributed by atoms with Crippen molar-refractivity contribution in [2.75, 3.05) is 5.73 Å². The molecule has 5 heteroatoms. The molecular formula is C21H23N3O2. The highest BCUT2D eigenvalue weighted by molar-refractivity contribution is 5.58. The van der Waals surface area contributed by atoms with E-state index in [1.807, 2.05) is 50.2 Å². The molecule has 2 N–H and O–H groups in total. The summed E-state index contributed by atoms with van der Waals surface area (Å²) in [5, 5.41) is 0. The minimum atomic E-state index is 0.264. The van der Waals surface area contributed by atoms with Gasteiger partial charge in [-0.25, -0.2) is 0 Å². The van der Waals surface area contributed by atoms with Crippen molar-refractivity contribution in [3.63, 3.8) is 0 Å². The molecule has 0 unspecified atom stereocenters. The van der Waals surface area contributed by atoms with Gasteiger partial charge in [0.2, 0.25) is 11.8 Å². The Hall–Kier alpha value is -3.08. The molecule has 0 saturated carbocycles. The van der Waals surface area contributed by atoms with Crippen LogP contribution >= 0.6 is 0 Å². The molecule has 0 amide bonds. The van der Waals surface area contributed by atoms with Crippen LogP contribution in [0, 0.1) is 13.8 Å². The molecule has 1 aromatic heterocycles. The molecule has 5 nitrogen and oxygen atoms in total. The number of nitrogens with two attached hydrogens (primary N) is 1. The van der Waals surface area contributed by atoms with Crippen LogP contribution in [-0.4, -0.2) is 9.97 Å². The van der Waals surface area contributed by atoms with Crippen LogP contribution < -0.4 is 15.2 Å². The Kier molecular flexibility index (Phi) is 5.07. The third-order valence-corrected chi connectivity index (χ3v) is 3.98. The van der Waals surface area contributed by atoms with Crippen molar-refractivity contribution >= 4 is 5.69 Å². The maximum absolute atomic E-state index is 6.16. The molecule has 0 radical (unpaired) electrons. The Labute approximate surface area is 153 Å². The zero-order chi connectivity index (χ0) is 18.7. The molecule has 0 spiro atoms. The SMILES string of the molecule is Cc1cc(C)cc(Oc2ncnc(Oc3ccc(C(C)C)cc3)c2N)c1. The standard InChI is InChI=1S/C21H23N3O2/c1-13(2)16-5-7-17(8-6-16)25-20-19(22)21(24-12-23-20)26-18-10-14(3)9-15(4)11-18/h5-13H,22H2,1-4H3. The average molecular weight is 349 g/mol. The molecular weight excluding hydrogens is 326 g/mol. The van der Waals surface area contributed by atoms with Crippen LogP contribution in [0.15, 0.2) is 48.8 Å². The van der Waals surface area contributed by atoms with Gasteiger partial charge in [-0.2, -0.15) is 9.97 Å². The zero-order valence-corrected chi connectivity index (χ0v) is 15.5. The highest BCUT2D eigenvalue weighted by atomic mass is 16.5. The topological polar surface area (TPSA) is 70.3 Å². The lowest BCUT2D eigenvalue weighted by atomic mass is 10.0. The van der Waals surface area contributed by atoms with Gasteiger partial charge in [-0.05, 0) is 60.7 Å². The zero-order valence-electron chi connectivity index (χ0n) is 15.5. The molecule has 0 bridgehead atoms. The highest BCUT2D eigenvalue weighted by Gasteiger charge is 2.13. The third-order valence-electron chi connectivity index (χ3n) is 3.98. The number of aryl methyl sites for hydroxylation is 2. The van der Waals surface area contributed by atoms with E-state index in [4.69, 9.17) is 15.2 Å². The summed E-state index contributed by atoms with van der Waals surface area (Å²) in [6.07, 6.45) is 1.38. The van der Waals surface area contributed by atoms with Gasteiger partial charge in [-0.3, -0.25) is 0 Å². The summed E-state index contributed by atoms with van der Waals surface area (Å²) in [6, 6.07) is 13.8. The fraction of sp³-hybridized carbons (Fsp3) is 0.238. The molecule has 0 fully saturated rings. The van der Waals surface area contributed by atoms with Crippen molar-refractivity contribution < 1.29 is 9.47 Å². The molecule has 0 aliphatic heterocycles. The van der Waals surface area contributed by atoms with Crippen molar-refractivity contribution in [2.45, 2.75) is 33.6 Å². The van der Waals surface area contributed by atoms with Crippen molar-refractivity contribution in [2.24, 2.45) is 0 Å². The lowest BCUT2D eigenvalue weighted by Gasteiger charge is -2.12. The second kappa shape index (κ2) is 7.44. The van der Waals surface area contributed by atoms with Gasteiger partial charge in [0.05, 0.1) is 0 Å². The second-order valence-corrected chi connectivity index (χ2v) is 6.65. The summed E-state index contributed by atoms with van der Waals surface area (Å²) in [5.41, 5.74) is 9.88. The number of anilines is 1.